The van der Waals surface area contributed by atoms with Crippen molar-refractivity contribution in [2.75, 3.05) is 25.2 Å². The van der Waals surface area contributed by atoms with Crippen LogP contribution in [0.25, 0.3) is 11.3 Å². The molecule has 1 aromatic carbocycles. The van der Waals surface area contributed by atoms with E-state index in [2.05, 4.69) is 39.5 Å². The maximum atomic E-state index is 11.1. The molecule has 1 aromatic heterocycles. The normalized spacial score (nSPS) is 17.7. The highest BCUT2D eigenvalue weighted by Crippen LogP contribution is 2.22. The van der Waals surface area contributed by atoms with Gasteiger partial charge in [0.1, 0.15) is 0 Å². The van der Waals surface area contributed by atoms with E-state index in [-0.39, 0.29) is 11.9 Å². The molecule has 2 heterocycles. The molecule has 1 fully saturated rings. The van der Waals surface area contributed by atoms with E-state index in [1.165, 1.54) is 5.56 Å². The smallest absolute Gasteiger partial charge is 0.225 e. The summed E-state index contributed by atoms with van der Waals surface area (Å²) >= 11 is 0. The minimum Gasteiger partial charge on any atom is -0.379 e. The summed E-state index contributed by atoms with van der Waals surface area (Å²) in [6.45, 7) is 5.08. The van der Waals surface area contributed by atoms with Gasteiger partial charge in [-0.25, -0.2) is 9.97 Å². The molecule has 0 saturated carbocycles. The molecule has 1 aliphatic heterocycles. The molecule has 0 radical (unpaired) electrons. The largest absolute Gasteiger partial charge is 0.379 e. The molecule has 138 valence electrons. The number of anilines is 1. The Balaban J connectivity index is 1.71. The maximum Gasteiger partial charge on any atom is 0.225 e. The van der Waals surface area contributed by atoms with Gasteiger partial charge >= 0.3 is 0 Å². The first-order chi connectivity index (χ1) is 12.5. The van der Waals surface area contributed by atoms with Gasteiger partial charge in [0.2, 0.25) is 11.9 Å². The van der Waals surface area contributed by atoms with Gasteiger partial charge in [0.15, 0.2) is 0 Å². The Morgan fingerprint density at radius 3 is 2.77 bits per heavy atom. The summed E-state index contributed by atoms with van der Waals surface area (Å²) in [5.41, 5.74) is 3.15. The van der Waals surface area contributed by atoms with E-state index < -0.39 is 0 Å². The van der Waals surface area contributed by atoms with Crippen LogP contribution in [0.4, 0.5) is 5.95 Å². The lowest BCUT2D eigenvalue weighted by molar-refractivity contribution is -0.119. The lowest BCUT2D eigenvalue weighted by Crippen LogP contribution is -2.33. The number of carbonyl (C=O) groups is 1. The Morgan fingerprint density at radius 1 is 1.35 bits per heavy atom. The van der Waals surface area contributed by atoms with Crippen LogP contribution >= 0.6 is 0 Å². The Labute approximate surface area is 154 Å². The number of nitrogens with zero attached hydrogens (tertiary/aromatic N) is 3. The zero-order valence-electron chi connectivity index (χ0n) is 15.6. The Hall–Kier alpha value is -2.47. The highest BCUT2D eigenvalue weighted by atomic mass is 16.5. The van der Waals surface area contributed by atoms with Crippen molar-refractivity contribution in [2.45, 2.75) is 38.8 Å². The molecule has 1 N–H and O–H groups in total. The Morgan fingerprint density at radius 2 is 2.12 bits per heavy atom. The van der Waals surface area contributed by atoms with Crippen LogP contribution in [0, 0.1) is 0 Å². The Bertz CT molecular complexity index is 742. The molecule has 1 aliphatic rings. The van der Waals surface area contributed by atoms with Gasteiger partial charge in [0.25, 0.3) is 0 Å². The summed E-state index contributed by atoms with van der Waals surface area (Å²) in [6, 6.07) is 10.7. The minimum atomic E-state index is -0.000539. The maximum absolute atomic E-state index is 11.1. The molecule has 0 aliphatic carbocycles. The molecule has 2 atom stereocenters. The van der Waals surface area contributed by atoms with Gasteiger partial charge in [-0.1, -0.05) is 24.3 Å². The van der Waals surface area contributed by atoms with Crippen LogP contribution in [0.1, 0.15) is 25.8 Å². The molecule has 26 heavy (non-hydrogen) atoms. The first-order valence-corrected chi connectivity index (χ1v) is 9.03. The standard InChI is InChI=1S/C20H26N4O2/c1-14(22-15(2)25)12-16-4-6-17(7-5-16)19-8-10-21-20(23-19)24(3)18-9-11-26-13-18/h4-8,10,14,18H,9,11-13H2,1-3H3,(H,22,25). The minimum absolute atomic E-state index is 0.000539. The summed E-state index contributed by atoms with van der Waals surface area (Å²) in [6.07, 6.45) is 3.61. The Kier molecular flexibility index (Phi) is 5.83. The summed E-state index contributed by atoms with van der Waals surface area (Å²) in [5.74, 6) is 0.723. The van der Waals surface area contributed by atoms with Crippen LogP contribution < -0.4 is 10.2 Å². The number of nitrogens with one attached hydrogen (secondary N) is 1. The van der Waals surface area contributed by atoms with Crippen molar-refractivity contribution >= 4 is 11.9 Å². The molecule has 3 rings (SSSR count). The van der Waals surface area contributed by atoms with Gasteiger partial charge in [-0.2, -0.15) is 0 Å². The van der Waals surface area contributed by atoms with E-state index in [0.29, 0.717) is 6.04 Å². The monoisotopic (exact) mass is 354 g/mol. The summed E-state index contributed by atoms with van der Waals surface area (Å²) in [4.78, 5) is 22.4. The molecular weight excluding hydrogens is 328 g/mol. The SMILES string of the molecule is CC(=O)NC(C)Cc1ccc(-c2ccnc(N(C)C3CCOC3)n2)cc1. The second-order valence-corrected chi connectivity index (χ2v) is 6.87. The van der Waals surface area contributed by atoms with E-state index in [1.54, 1.807) is 13.1 Å². The first-order valence-electron chi connectivity index (χ1n) is 9.03. The molecule has 0 spiro atoms. The van der Waals surface area contributed by atoms with Crippen molar-refractivity contribution in [3.8, 4) is 11.3 Å². The molecular formula is C20H26N4O2. The van der Waals surface area contributed by atoms with Crippen LogP contribution in [0.5, 0.6) is 0 Å². The molecule has 1 amide bonds. The van der Waals surface area contributed by atoms with E-state index >= 15 is 0 Å². The second-order valence-electron chi connectivity index (χ2n) is 6.87. The number of aromatic nitrogens is 2. The van der Waals surface area contributed by atoms with Crippen molar-refractivity contribution < 1.29 is 9.53 Å². The van der Waals surface area contributed by atoms with Crippen molar-refractivity contribution in [3.63, 3.8) is 0 Å². The second kappa shape index (κ2) is 8.27. The predicted octanol–water partition coefficient (Wildman–Crippen LogP) is 2.44. The third kappa shape index (κ3) is 4.58. The lowest BCUT2D eigenvalue weighted by atomic mass is 10.0. The van der Waals surface area contributed by atoms with E-state index in [1.807, 2.05) is 20.0 Å². The lowest BCUT2D eigenvalue weighted by Gasteiger charge is -2.23. The number of hydrogen-bond donors (Lipinski definition) is 1. The highest BCUT2D eigenvalue weighted by Gasteiger charge is 2.22. The fraction of sp³-hybridized carbons (Fsp3) is 0.450. The third-order valence-electron chi connectivity index (χ3n) is 4.65. The number of likely N-dealkylation sites (N-methyl/N-ethyl adjacent to an activating group) is 1. The molecule has 2 aromatic rings. The van der Waals surface area contributed by atoms with Crippen LogP contribution in [0.15, 0.2) is 36.5 Å². The van der Waals surface area contributed by atoms with E-state index in [9.17, 15) is 4.79 Å². The van der Waals surface area contributed by atoms with Crippen molar-refractivity contribution in [1.29, 1.82) is 0 Å². The fourth-order valence-electron chi connectivity index (χ4n) is 3.23. The van der Waals surface area contributed by atoms with Gasteiger partial charge in [-0.15, -0.1) is 0 Å². The number of ether oxygens (including phenoxy) is 1. The number of rotatable bonds is 6. The average Bonchev–Trinajstić information content (AvgIpc) is 3.16. The van der Waals surface area contributed by atoms with Gasteiger partial charge in [0.05, 0.1) is 18.3 Å². The number of carbonyl (C=O) groups excluding carboxylic acids is 1. The van der Waals surface area contributed by atoms with Crippen molar-refractivity contribution in [3.05, 3.63) is 42.1 Å². The zero-order valence-corrected chi connectivity index (χ0v) is 15.6. The topological polar surface area (TPSA) is 67.4 Å². The summed E-state index contributed by atoms with van der Waals surface area (Å²) in [5, 5.41) is 2.91. The zero-order chi connectivity index (χ0) is 18.5. The first kappa shape index (κ1) is 18.3. The average molecular weight is 354 g/mol. The van der Waals surface area contributed by atoms with Crippen LogP contribution in [-0.4, -0.2) is 48.2 Å². The quantitative estimate of drug-likeness (QED) is 0.863. The predicted molar refractivity (Wildman–Crippen MR) is 102 cm³/mol. The third-order valence-corrected chi connectivity index (χ3v) is 4.65. The number of hydrogen-bond acceptors (Lipinski definition) is 5. The molecule has 6 nitrogen and oxygen atoms in total. The van der Waals surface area contributed by atoms with E-state index in [0.717, 1.165) is 43.3 Å². The van der Waals surface area contributed by atoms with Gasteiger partial charge in [-0.3, -0.25) is 4.79 Å². The highest BCUT2D eigenvalue weighted by molar-refractivity contribution is 5.73. The number of benzene rings is 1. The summed E-state index contributed by atoms with van der Waals surface area (Å²) < 4.78 is 5.46. The van der Waals surface area contributed by atoms with E-state index in [4.69, 9.17) is 9.72 Å². The molecule has 2 unspecified atom stereocenters. The fourth-order valence-corrected chi connectivity index (χ4v) is 3.23. The van der Waals surface area contributed by atoms with Gasteiger partial charge in [0, 0.05) is 38.4 Å². The van der Waals surface area contributed by atoms with Gasteiger partial charge < -0.3 is 15.0 Å². The molecule has 1 saturated heterocycles. The van der Waals surface area contributed by atoms with Crippen molar-refractivity contribution in [1.82, 2.24) is 15.3 Å². The van der Waals surface area contributed by atoms with Crippen LogP contribution in [-0.2, 0) is 16.0 Å². The number of amides is 1. The molecule has 6 heteroatoms. The van der Waals surface area contributed by atoms with Crippen molar-refractivity contribution in [2.24, 2.45) is 0 Å². The van der Waals surface area contributed by atoms with Crippen LogP contribution in [0.3, 0.4) is 0 Å². The molecule has 0 bridgehead atoms. The van der Waals surface area contributed by atoms with Gasteiger partial charge in [-0.05, 0) is 31.4 Å². The van der Waals surface area contributed by atoms with Crippen LogP contribution in [0.2, 0.25) is 0 Å². The summed E-state index contributed by atoms with van der Waals surface area (Å²) in [7, 11) is 2.02.